The molecule has 0 radical (unpaired) electrons. The minimum absolute atomic E-state index is 0.0503. The Balaban J connectivity index is 2.30. The summed E-state index contributed by atoms with van der Waals surface area (Å²) < 4.78 is 5.32. The van der Waals surface area contributed by atoms with Gasteiger partial charge in [0.15, 0.2) is 0 Å². The van der Waals surface area contributed by atoms with Gasteiger partial charge in [0.05, 0.1) is 13.0 Å². The first kappa shape index (κ1) is 14.8. The molecule has 8 nitrogen and oxygen atoms in total. The molecule has 1 aromatic rings. The first-order valence-corrected chi connectivity index (χ1v) is 5.61. The molecule has 0 unspecified atom stereocenters. The second-order valence-corrected chi connectivity index (χ2v) is 3.65. The molecular formula is C11H16N2O6. The monoisotopic (exact) mass is 272 g/mol. The van der Waals surface area contributed by atoms with Gasteiger partial charge in [0, 0.05) is 32.2 Å². The Morgan fingerprint density at radius 2 is 1.89 bits per heavy atom. The molecule has 106 valence electrons. The van der Waals surface area contributed by atoms with Crippen molar-refractivity contribution in [2.75, 3.05) is 20.3 Å². The predicted molar refractivity (Wildman–Crippen MR) is 63.5 cm³/mol. The van der Waals surface area contributed by atoms with Crippen molar-refractivity contribution in [1.29, 1.82) is 0 Å². The van der Waals surface area contributed by atoms with Gasteiger partial charge in [-0.05, 0) is 0 Å². The van der Waals surface area contributed by atoms with Gasteiger partial charge in [-0.2, -0.15) is 0 Å². The number of aromatic nitrogens is 1. The molecule has 0 aliphatic heterocycles. The number of methoxy groups -OCH3 is 1. The molecule has 0 atom stereocenters. The highest BCUT2D eigenvalue weighted by atomic mass is 16.7. The van der Waals surface area contributed by atoms with Crippen LogP contribution < -0.4 is 10.2 Å². The first-order chi connectivity index (χ1) is 9.04. The van der Waals surface area contributed by atoms with Crippen LogP contribution in [-0.4, -0.2) is 47.1 Å². The van der Waals surface area contributed by atoms with Crippen molar-refractivity contribution in [3.8, 4) is 11.8 Å². The highest BCUT2D eigenvalue weighted by Gasteiger charge is 2.13. The van der Waals surface area contributed by atoms with Gasteiger partial charge < -0.3 is 25.1 Å². The minimum atomic E-state index is -0.747. The number of amides is 1. The van der Waals surface area contributed by atoms with E-state index in [1.807, 2.05) is 0 Å². The van der Waals surface area contributed by atoms with E-state index in [1.54, 1.807) is 0 Å². The molecule has 0 fully saturated rings. The van der Waals surface area contributed by atoms with Crippen molar-refractivity contribution in [2.24, 2.45) is 0 Å². The maximum Gasteiger partial charge on any atom is 0.333 e. The highest BCUT2D eigenvalue weighted by Crippen LogP contribution is 2.18. The summed E-state index contributed by atoms with van der Waals surface area (Å²) in [6, 6.07) is 2.33. The molecule has 0 saturated heterocycles. The summed E-state index contributed by atoms with van der Waals surface area (Å²) in [5.41, 5.74) is 0. The number of carbonyl (C=O) groups is 2. The van der Waals surface area contributed by atoms with E-state index in [2.05, 4.69) is 10.2 Å². The van der Waals surface area contributed by atoms with Gasteiger partial charge in [0.25, 0.3) is 0 Å². The Hall–Kier alpha value is -2.22. The molecule has 19 heavy (non-hydrogen) atoms. The molecule has 0 saturated carbocycles. The number of hydrogen-bond donors (Lipinski definition) is 3. The van der Waals surface area contributed by atoms with Crippen LogP contribution in [0.5, 0.6) is 11.8 Å². The summed E-state index contributed by atoms with van der Waals surface area (Å²) in [7, 11) is 1.51. The van der Waals surface area contributed by atoms with Crippen LogP contribution in [0, 0.1) is 0 Å². The van der Waals surface area contributed by atoms with Crippen molar-refractivity contribution < 1.29 is 29.4 Å². The molecule has 0 aliphatic rings. The zero-order chi connectivity index (χ0) is 14.3. The first-order valence-electron chi connectivity index (χ1n) is 5.61. The summed E-state index contributed by atoms with van der Waals surface area (Å²) in [6.07, 6.45) is -0.221. The van der Waals surface area contributed by atoms with Crippen molar-refractivity contribution in [1.82, 2.24) is 10.0 Å². The van der Waals surface area contributed by atoms with Gasteiger partial charge in [-0.25, -0.2) is 4.79 Å². The number of ether oxygens (including phenoxy) is 1. The van der Waals surface area contributed by atoms with E-state index in [0.29, 0.717) is 17.9 Å². The van der Waals surface area contributed by atoms with Gasteiger partial charge in [-0.3, -0.25) is 4.79 Å². The van der Waals surface area contributed by atoms with Crippen LogP contribution in [0.1, 0.15) is 12.8 Å². The summed E-state index contributed by atoms with van der Waals surface area (Å²) in [5.74, 6) is -1.87. The number of hydrogen-bond acceptors (Lipinski definition) is 6. The Bertz CT molecular complexity index is 423. The predicted octanol–water partition coefficient (Wildman–Crippen LogP) is -0.603. The molecule has 0 bridgehead atoms. The second-order valence-electron chi connectivity index (χ2n) is 3.65. The molecule has 1 heterocycles. The molecular weight excluding hydrogens is 256 g/mol. The normalized spacial score (nSPS) is 10.2. The van der Waals surface area contributed by atoms with Gasteiger partial charge in [-0.15, -0.1) is 4.73 Å². The third kappa shape index (κ3) is 4.88. The second kappa shape index (κ2) is 7.27. The van der Waals surface area contributed by atoms with Crippen LogP contribution in [0.3, 0.4) is 0 Å². The highest BCUT2D eigenvalue weighted by molar-refractivity contribution is 5.81. The molecule has 8 heteroatoms. The molecule has 0 spiro atoms. The average Bonchev–Trinajstić information content (AvgIpc) is 2.68. The van der Waals surface area contributed by atoms with Gasteiger partial charge >= 0.3 is 5.97 Å². The van der Waals surface area contributed by atoms with Crippen LogP contribution in [0.15, 0.2) is 12.1 Å². The zero-order valence-corrected chi connectivity index (χ0v) is 10.5. The van der Waals surface area contributed by atoms with Crippen molar-refractivity contribution >= 4 is 11.9 Å². The van der Waals surface area contributed by atoms with E-state index in [0.717, 1.165) is 0 Å². The third-order valence-corrected chi connectivity index (χ3v) is 2.18. The van der Waals surface area contributed by atoms with Gasteiger partial charge in [0.1, 0.15) is 0 Å². The van der Waals surface area contributed by atoms with Crippen molar-refractivity contribution in [2.45, 2.75) is 12.8 Å². The summed E-state index contributed by atoms with van der Waals surface area (Å²) >= 11 is 0. The molecule has 0 aromatic carbocycles. The van der Waals surface area contributed by atoms with E-state index >= 15 is 0 Å². The Kier molecular flexibility index (Phi) is 5.68. The maximum absolute atomic E-state index is 11.4. The molecule has 3 N–H and O–H groups in total. The number of rotatable bonds is 7. The Morgan fingerprint density at radius 1 is 1.26 bits per heavy atom. The SMILES string of the molecule is COCCNC(=O)CCC(=O)On1c(O)ccc1O. The lowest BCUT2D eigenvalue weighted by molar-refractivity contribution is -0.146. The van der Waals surface area contributed by atoms with Crippen LogP contribution in [-0.2, 0) is 14.3 Å². The quantitative estimate of drug-likeness (QED) is 0.572. The topological polar surface area (TPSA) is 110 Å². The van der Waals surface area contributed by atoms with Crippen LogP contribution in [0.4, 0.5) is 0 Å². The lowest BCUT2D eigenvalue weighted by Gasteiger charge is -2.07. The van der Waals surface area contributed by atoms with E-state index in [1.165, 1.54) is 19.2 Å². The number of aromatic hydroxyl groups is 2. The molecule has 1 rings (SSSR count). The maximum atomic E-state index is 11.4. The minimum Gasteiger partial charge on any atom is -0.492 e. The lowest BCUT2D eigenvalue weighted by atomic mass is 10.3. The smallest absolute Gasteiger partial charge is 0.333 e. The molecule has 1 aromatic heterocycles. The fourth-order valence-electron chi connectivity index (χ4n) is 1.24. The van der Waals surface area contributed by atoms with Gasteiger partial charge in [-0.1, -0.05) is 0 Å². The molecule has 1 amide bonds. The fourth-order valence-corrected chi connectivity index (χ4v) is 1.24. The number of carbonyl (C=O) groups excluding carboxylic acids is 2. The summed E-state index contributed by atoms with van der Waals surface area (Å²) in [6.45, 7) is 0.755. The summed E-state index contributed by atoms with van der Waals surface area (Å²) in [5, 5.41) is 21.0. The van der Waals surface area contributed by atoms with Crippen molar-refractivity contribution in [3.05, 3.63) is 12.1 Å². The van der Waals surface area contributed by atoms with Crippen LogP contribution in [0.2, 0.25) is 0 Å². The zero-order valence-electron chi connectivity index (χ0n) is 10.5. The standard InChI is InChI=1S/C11H16N2O6/c1-18-7-6-12-8(14)2-5-11(17)19-13-9(15)3-4-10(13)16/h3-4,15-16H,2,5-7H2,1H3,(H,12,14). The fraction of sp³-hybridized carbons (Fsp3) is 0.455. The molecule has 0 aliphatic carbocycles. The van der Waals surface area contributed by atoms with E-state index in [-0.39, 0.29) is 18.7 Å². The number of nitrogens with zero attached hydrogens (tertiary/aromatic N) is 1. The van der Waals surface area contributed by atoms with Crippen LogP contribution in [0.25, 0.3) is 0 Å². The van der Waals surface area contributed by atoms with Gasteiger partial charge in [0.2, 0.25) is 17.7 Å². The number of nitrogens with one attached hydrogen (secondary N) is 1. The summed E-state index contributed by atoms with van der Waals surface area (Å²) in [4.78, 5) is 27.3. The lowest BCUT2D eigenvalue weighted by Crippen LogP contribution is -2.28. The third-order valence-electron chi connectivity index (χ3n) is 2.18. The average molecular weight is 272 g/mol. The van der Waals surface area contributed by atoms with Crippen molar-refractivity contribution in [3.63, 3.8) is 0 Å². The van der Waals surface area contributed by atoms with E-state index in [9.17, 15) is 19.8 Å². The van der Waals surface area contributed by atoms with Crippen LogP contribution >= 0.6 is 0 Å². The Labute approximate surface area is 109 Å². The van der Waals surface area contributed by atoms with E-state index < -0.39 is 17.7 Å². The Morgan fingerprint density at radius 3 is 2.47 bits per heavy atom. The largest absolute Gasteiger partial charge is 0.492 e. The van der Waals surface area contributed by atoms with E-state index in [4.69, 9.17) is 4.74 Å².